The normalized spacial score (nSPS) is 22.2. The fourth-order valence-electron chi connectivity index (χ4n) is 3.37. The van der Waals surface area contributed by atoms with Crippen LogP contribution in [0.25, 0.3) is 20.3 Å². The molecular formula is C17H16N2O2S. The number of benzene rings is 1. The van der Waals surface area contributed by atoms with E-state index >= 15 is 0 Å². The van der Waals surface area contributed by atoms with Gasteiger partial charge in [-0.2, -0.15) is 0 Å². The third kappa shape index (κ3) is 2.25. The lowest BCUT2D eigenvalue weighted by molar-refractivity contribution is -0.143. The van der Waals surface area contributed by atoms with Crippen molar-refractivity contribution in [3.05, 3.63) is 36.3 Å². The van der Waals surface area contributed by atoms with E-state index < -0.39 is 5.97 Å². The first-order valence-corrected chi connectivity index (χ1v) is 8.41. The van der Waals surface area contributed by atoms with E-state index in [1.165, 1.54) is 10.1 Å². The molecule has 22 heavy (non-hydrogen) atoms. The average Bonchev–Trinajstić information content (AvgIpc) is 2.92. The van der Waals surface area contributed by atoms with E-state index in [2.05, 4.69) is 17.1 Å². The Morgan fingerprint density at radius 1 is 1.23 bits per heavy atom. The first kappa shape index (κ1) is 13.6. The van der Waals surface area contributed by atoms with E-state index in [9.17, 15) is 9.90 Å². The molecule has 1 aromatic carbocycles. The van der Waals surface area contributed by atoms with Gasteiger partial charge in [0.25, 0.3) is 0 Å². The van der Waals surface area contributed by atoms with Crippen molar-refractivity contribution in [1.29, 1.82) is 0 Å². The molecule has 0 saturated heterocycles. The lowest BCUT2D eigenvalue weighted by atomic mass is 9.81. The SMILES string of the molecule is O=C(O)C1CCCC(c2ncc3c(n2)sc2ccccc23)C1. The highest BCUT2D eigenvalue weighted by Crippen LogP contribution is 2.37. The summed E-state index contributed by atoms with van der Waals surface area (Å²) >= 11 is 1.68. The van der Waals surface area contributed by atoms with Crippen LogP contribution in [0.2, 0.25) is 0 Å². The van der Waals surface area contributed by atoms with Crippen molar-refractivity contribution >= 4 is 37.6 Å². The third-order valence-corrected chi connectivity index (χ3v) is 5.63. The molecule has 2 heterocycles. The molecule has 1 N–H and O–H groups in total. The van der Waals surface area contributed by atoms with Gasteiger partial charge in [-0.25, -0.2) is 9.97 Å². The fraction of sp³-hybridized carbons (Fsp3) is 0.353. The minimum Gasteiger partial charge on any atom is -0.481 e. The molecule has 112 valence electrons. The van der Waals surface area contributed by atoms with Gasteiger partial charge in [0.1, 0.15) is 10.7 Å². The van der Waals surface area contributed by atoms with Crippen LogP contribution >= 0.6 is 11.3 Å². The molecule has 0 aliphatic heterocycles. The van der Waals surface area contributed by atoms with E-state index in [-0.39, 0.29) is 11.8 Å². The Bertz CT molecular complexity index is 858. The molecule has 1 aliphatic rings. The lowest BCUT2D eigenvalue weighted by Crippen LogP contribution is -2.22. The minimum absolute atomic E-state index is 0.171. The molecule has 2 unspecified atom stereocenters. The van der Waals surface area contributed by atoms with Crippen LogP contribution < -0.4 is 0 Å². The number of aliphatic carboxylic acids is 1. The Kier molecular flexibility index (Phi) is 3.30. The second kappa shape index (κ2) is 5.32. The van der Waals surface area contributed by atoms with Crippen molar-refractivity contribution in [3.8, 4) is 0 Å². The van der Waals surface area contributed by atoms with Crippen LogP contribution in [0.4, 0.5) is 0 Å². The largest absolute Gasteiger partial charge is 0.481 e. The molecule has 0 amide bonds. The summed E-state index contributed by atoms with van der Waals surface area (Å²) in [6.45, 7) is 0. The van der Waals surface area contributed by atoms with Gasteiger partial charge in [-0.1, -0.05) is 24.6 Å². The van der Waals surface area contributed by atoms with E-state index in [4.69, 9.17) is 4.98 Å². The Morgan fingerprint density at radius 3 is 2.95 bits per heavy atom. The molecular weight excluding hydrogens is 296 g/mol. The number of nitrogens with zero attached hydrogens (tertiary/aromatic N) is 2. The van der Waals surface area contributed by atoms with Crippen LogP contribution in [0.15, 0.2) is 30.5 Å². The van der Waals surface area contributed by atoms with Gasteiger partial charge in [-0.05, 0) is 25.3 Å². The maximum absolute atomic E-state index is 11.2. The Morgan fingerprint density at radius 2 is 2.09 bits per heavy atom. The first-order valence-electron chi connectivity index (χ1n) is 7.59. The molecule has 3 aromatic rings. The zero-order valence-corrected chi connectivity index (χ0v) is 12.8. The van der Waals surface area contributed by atoms with Crippen molar-refractivity contribution < 1.29 is 9.90 Å². The Hall–Kier alpha value is -2.01. The summed E-state index contributed by atoms with van der Waals surface area (Å²) in [7, 11) is 0. The van der Waals surface area contributed by atoms with Gasteiger partial charge in [-0.15, -0.1) is 11.3 Å². The van der Waals surface area contributed by atoms with Crippen LogP contribution in [0, 0.1) is 5.92 Å². The summed E-state index contributed by atoms with van der Waals surface area (Å²) in [5, 5.41) is 11.5. The van der Waals surface area contributed by atoms with Crippen molar-refractivity contribution in [3.63, 3.8) is 0 Å². The van der Waals surface area contributed by atoms with Crippen LogP contribution in [0.1, 0.15) is 37.4 Å². The second-order valence-corrected chi connectivity index (χ2v) is 6.97. The number of hydrogen-bond donors (Lipinski definition) is 1. The zero-order chi connectivity index (χ0) is 15.1. The van der Waals surface area contributed by atoms with E-state index in [1.807, 2.05) is 18.3 Å². The van der Waals surface area contributed by atoms with Crippen LogP contribution in [-0.2, 0) is 4.79 Å². The topological polar surface area (TPSA) is 63.1 Å². The van der Waals surface area contributed by atoms with E-state index in [1.54, 1.807) is 11.3 Å². The van der Waals surface area contributed by atoms with Crippen LogP contribution in [0.3, 0.4) is 0 Å². The number of fused-ring (bicyclic) bond motifs is 3. The summed E-state index contributed by atoms with van der Waals surface area (Å²) in [5.74, 6) is 0.0440. The van der Waals surface area contributed by atoms with E-state index in [0.717, 1.165) is 35.3 Å². The average molecular weight is 312 g/mol. The monoisotopic (exact) mass is 312 g/mol. The minimum atomic E-state index is -0.687. The molecule has 0 spiro atoms. The van der Waals surface area contributed by atoms with Crippen LogP contribution in [-0.4, -0.2) is 21.0 Å². The molecule has 1 aliphatic carbocycles. The van der Waals surface area contributed by atoms with Crippen molar-refractivity contribution in [2.24, 2.45) is 5.92 Å². The van der Waals surface area contributed by atoms with Crippen molar-refractivity contribution in [2.75, 3.05) is 0 Å². The van der Waals surface area contributed by atoms with E-state index in [0.29, 0.717) is 6.42 Å². The van der Waals surface area contributed by atoms with Gasteiger partial charge in [-0.3, -0.25) is 4.79 Å². The molecule has 2 aromatic heterocycles. The number of thiophene rings is 1. The summed E-state index contributed by atoms with van der Waals surface area (Å²) in [6.07, 6.45) is 5.26. The third-order valence-electron chi connectivity index (χ3n) is 4.54. The summed E-state index contributed by atoms with van der Waals surface area (Å²) in [6, 6.07) is 8.26. The van der Waals surface area contributed by atoms with Gasteiger partial charge in [0, 0.05) is 27.6 Å². The number of hydrogen-bond acceptors (Lipinski definition) is 4. The predicted molar refractivity (Wildman–Crippen MR) is 87.3 cm³/mol. The first-order chi connectivity index (χ1) is 10.7. The molecule has 5 heteroatoms. The molecule has 1 saturated carbocycles. The standard InChI is InChI=1S/C17H16N2O2S/c20-17(21)11-5-3-4-10(8-11)15-18-9-13-12-6-1-2-7-14(12)22-16(13)19-15/h1-2,6-7,9-11H,3-5,8H2,(H,20,21). The zero-order valence-electron chi connectivity index (χ0n) is 12.0. The lowest BCUT2D eigenvalue weighted by Gasteiger charge is -2.25. The molecule has 0 radical (unpaired) electrons. The Balaban J connectivity index is 1.73. The smallest absolute Gasteiger partial charge is 0.306 e. The number of carbonyl (C=O) groups is 1. The van der Waals surface area contributed by atoms with Gasteiger partial charge in [0.2, 0.25) is 0 Å². The van der Waals surface area contributed by atoms with Crippen LogP contribution in [0.5, 0.6) is 0 Å². The highest BCUT2D eigenvalue weighted by Gasteiger charge is 2.29. The maximum atomic E-state index is 11.2. The molecule has 1 fully saturated rings. The predicted octanol–water partition coefficient (Wildman–Crippen LogP) is 4.20. The fourth-order valence-corrected chi connectivity index (χ4v) is 4.42. The number of aromatic nitrogens is 2. The highest BCUT2D eigenvalue weighted by atomic mass is 32.1. The van der Waals surface area contributed by atoms with Gasteiger partial charge in [0.05, 0.1) is 5.92 Å². The number of rotatable bonds is 2. The summed E-state index contributed by atoms with van der Waals surface area (Å²) < 4.78 is 1.22. The summed E-state index contributed by atoms with van der Waals surface area (Å²) in [4.78, 5) is 21.5. The van der Waals surface area contributed by atoms with Crippen molar-refractivity contribution in [2.45, 2.75) is 31.6 Å². The molecule has 0 bridgehead atoms. The highest BCUT2D eigenvalue weighted by molar-refractivity contribution is 7.25. The maximum Gasteiger partial charge on any atom is 0.306 e. The number of carboxylic acids is 1. The summed E-state index contributed by atoms with van der Waals surface area (Å²) in [5.41, 5.74) is 0. The molecule has 2 atom stereocenters. The van der Waals surface area contributed by atoms with Crippen molar-refractivity contribution in [1.82, 2.24) is 9.97 Å². The quantitative estimate of drug-likeness (QED) is 0.770. The second-order valence-electron chi connectivity index (χ2n) is 5.94. The number of carboxylic acid groups (broad SMARTS) is 1. The van der Waals surface area contributed by atoms with Gasteiger partial charge >= 0.3 is 5.97 Å². The Labute approximate surface area is 131 Å². The molecule has 4 rings (SSSR count). The molecule has 4 nitrogen and oxygen atoms in total. The van der Waals surface area contributed by atoms with Gasteiger partial charge < -0.3 is 5.11 Å². The van der Waals surface area contributed by atoms with Gasteiger partial charge in [0.15, 0.2) is 0 Å².